The van der Waals surface area contributed by atoms with Crippen LogP contribution in [0.15, 0.2) is 6.07 Å². The molecule has 6 heteroatoms. The normalized spacial score (nSPS) is 9.79. The van der Waals surface area contributed by atoms with Gasteiger partial charge in [0.2, 0.25) is 0 Å². The fraction of sp³-hybridized carbons (Fsp3) is 0.462. The number of hydrogen-bond acceptors (Lipinski definition) is 1. The van der Waals surface area contributed by atoms with Crippen LogP contribution in [-0.2, 0) is 11.2 Å². The molecule has 19 heavy (non-hydrogen) atoms. The lowest BCUT2D eigenvalue weighted by atomic mass is 10.1. The second-order valence-electron chi connectivity index (χ2n) is 3.92. The Morgan fingerprint density at radius 1 is 1.11 bits per heavy atom. The van der Waals surface area contributed by atoms with Crippen molar-refractivity contribution in [2.75, 3.05) is 0 Å². The molecule has 1 N–H and O–H groups in total. The Balaban J connectivity index is 0.000000711. The molecule has 1 rings (SSSR count). The zero-order chi connectivity index (χ0) is 15.0. The van der Waals surface area contributed by atoms with Crippen LogP contribution in [-0.4, -0.2) is 11.1 Å². The Hall–Kier alpha value is -1.59. The Morgan fingerprint density at radius 3 is 1.89 bits per heavy atom. The van der Waals surface area contributed by atoms with Crippen LogP contribution < -0.4 is 0 Å². The molecule has 108 valence electrons. The van der Waals surface area contributed by atoms with Crippen LogP contribution in [0.4, 0.5) is 17.6 Å². The molecule has 0 saturated heterocycles. The summed E-state index contributed by atoms with van der Waals surface area (Å²) in [5, 5.41) is 7.42. The van der Waals surface area contributed by atoms with Crippen molar-refractivity contribution in [2.24, 2.45) is 0 Å². The average molecular weight is 280 g/mol. The van der Waals surface area contributed by atoms with Crippen LogP contribution in [0, 0.1) is 23.3 Å². The predicted molar refractivity (Wildman–Crippen MR) is 62.8 cm³/mol. The van der Waals surface area contributed by atoms with Gasteiger partial charge in [0, 0.05) is 18.6 Å². The van der Waals surface area contributed by atoms with Gasteiger partial charge in [-0.3, -0.25) is 4.79 Å². The van der Waals surface area contributed by atoms with Crippen molar-refractivity contribution in [1.82, 2.24) is 0 Å². The molecule has 0 aliphatic carbocycles. The first-order valence-electron chi connectivity index (χ1n) is 5.82. The zero-order valence-electron chi connectivity index (χ0n) is 10.8. The second-order valence-corrected chi connectivity index (χ2v) is 3.92. The first-order chi connectivity index (χ1) is 8.81. The minimum atomic E-state index is -1.33. The van der Waals surface area contributed by atoms with Crippen molar-refractivity contribution < 1.29 is 27.5 Å². The topological polar surface area (TPSA) is 37.3 Å². The summed E-state index contributed by atoms with van der Waals surface area (Å²) >= 11 is 0. The minimum Gasteiger partial charge on any atom is -0.481 e. The lowest BCUT2D eigenvalue weighted by molar-refractivity contribution is -0.134. The monoisotopic (exact) mass is 280 g/mol. The highest BCUT2D eigenvalue weighted by molar-refractivity contribution is 5.62. The second kappa shape index (κ2) is 8.50. The van der Waals surface area contributed by atoms with Gasteiger partial charge in [-0.05, 0) is 12.8 Å². The number of carbonyl (C=O) groups is 1. The molecule has 0 radical (unpaired) electrons. The van der Waals surface area contributed by atoms with Crippen molar-refractivity contribution in [2.45, 2.75) is 39.5 Å². The van der Waals surface area contributed by atoms with Gasteiger partial charge in [-0.25, -0.2) is 17.6 Å². The molecule has 0 bridgehead atoms. The van der Waals surface area contributed by atoms with E-state index in [4.69, 9.17) is 9.90 Å². The fourth-order valence-corrected chi connectivity index (χ4v) is 1.39. The van der Waals surface area contributed by atoms with Crippen molar-refractivity contribution in [3.05, 3.63) is 34.9 Å². The SMILES string of the molecule is CC(=O)O.CCCCCc1c(F)c(F)cc(F)c1F. The van der Waals surface area contributed by atoms with Gasteiger partial charge in [0.15, 0.2) is 23.3 Å². The van der Waals surface area contributed by atoms with Crippen LogP contribution in [0.3, 0.4) is 0 Å². The number of carboxylic acid groups (broad SMARTS) is 1. The molecule has 2 nitrogen and oxygen atoms in total. The summed E-state index contributed by atoms with van der Waals surface area (Å²) in [5.74, 6) is -6.05. The minimum absolute atomic E-state index is 0.0280. The average Bonchev–Trinajstić information content (AvgIpc) is 2.30. The summed E-state index contributed by atoms with van der Waals surface area (Å²) in [6.45, 7) is 3.01. The lowest BCUT2D eigenvalue weighted by Gasteiger charge is -2.06. The summed E-state index contributed by atoms with van der Waals surface area (Å²) in [6, 6.07) is 0.230. The number of hydrogen-bond donors (Lipinski definition) is 1. The van der Waals surface area contributed by atoms with Gasteiger partial charge < -0.3 is 5.11 Å². The standard InChI is InChI=1S/C11H12F4.C2H4O2/c1-2-3-4-5-7-10(14)8(12)6-9(13)11(7)15;1-2(3)4/h6H,2-5H2,1H3;1H3,(H,3,4). The van der Waals surface area contributed by atoms with Crippen molar-refractivity contribution in [3.8, 4) is 0 Å². The molecule has 0 aliphatic rings. The fourth-order valence-electron chi connectivity index (χ4n) is 1.39. The molecule has 0 saturated carbocycles. The van der Waals surface area contributed by atoms with E-state index >= 15 is 0 Å². The first-order valence-corrected chi connectivity index (χ1v) is 5.82. The predicted octanol–water partition coefficient (Wildman–Crippen LogP) is 4.07. The highest BCUT2D eigenvalue weighted by Crippen LogP contribution is 2.21. The van der Waals surface area contributed by atoms with Crippen LogP contribution in [0.25, 0.3) is 0 Å². The Morgan fingerprint density at radius 2 is 1.53 bits per heavy atom. The smallest absolute Gasteiger partial charge is 0.300 e. The van der Waals surface area contributed by atoms with Gasteiger partial charge in [-0.1, -0.05) is 19.8 Å². The molecular formula is C13H16F4O2. The van der Waals surface area contributed by atoms with Gasteiger partial charge in [0.1, 0.15) is 0 Å². The maximum Gasteiger partial charge on any atom is 0.300 e. The van der Waals surface area contributed by atoms with Crippen molar-refractivity contribution in [3.63, 3.8) is 0 Å². The van der Waals surface area contributed by atoms with E-state index in [0.29, 0.717) is 6.42 Å². The number of unbranched alkanes of at least 4 members (excludes halogenated alkanes) is 2. The van der Waals surface area contributed by atoms with Gasteiger partial charge >= 0.3 is 0 Å². The third kappa shape index (κ3) is 6.22. The highest BCUT2D eigenvalue weighted by Gasteiger charge is 2.18. The maximum absolute atomic E-state index is 13.1. The van der Waals surface area contributed by atoms with Crippen LogP contribution in [0.5, 0.6) is 0 Å². The molecular weight excluding hydrogens is 264 g/mol. The molecule has 0 unspecified atom stereocenters. The van der Waals surface area contributed by atoms with E-state index in [0.717, 1.165) is 19.8 Å². The van der Waals surface area contributed by atoms with E-state index in [1.54, 1.807) is 0 Å². The largest absolute Gasteiger partial charge is 0.481 e. The molecule has 0 fully saturated rings. The molecule has 0 aromatic heterocycles. The molecule has 0 spiro atoms. The number of aliphatic carboxylic acids is 1. The maximum atomic E-state index is 13.1. The van der Waals surface area contributed by atoms with Crippen LogP contribution in [0.1, 0.15) is 38.7 Å². The summed E-state index contributed by atoms with van der Waals surface area (Å²) < 4.78 is 51.7. The molecule has 1 aromatic carbocycles. The first kappa shape index (κ1) is 17.4. The Kier molecular flexibility index (Phi) is 7.79. The lowest BCUT2D eigenvalue weighted by Crippen LogP contribution is -2.02. The summed E-state index contributed by atoms with van der Waals surface area (Å²) in [6.07, 6.45) is 2.20. The third-order valence-electron chi connectivity index (χ3n) is 2.23. The third-order valence-corrected chi connectivity index (χ3v) is 2.23. The van der Waals surface area contributed by atoms with E-state index in [1.807, 2.05) is 6.92 Å². The number of rotatable bonds is 4. The van der Waals surface area contributed by atoms with Gasteiger partial charge in [-0.15, -0.1) is 0 Å². The van der Waals surface area contributed by atoms with Crippen molar-refractivity contribution >= 4 is 5.97 Å². The molecule has 0 atom stereocenters. The zero-order valence-corrected chi connectivity index (χ0v) is 10.8. The van der Waals surface area contributed by atoms with Gasteiger partial charge in [0.25, 0.3) is 5.97 Å². The summed E-state index contributed by atoms with van der Waals surface area (Å²) in [7, 11) is 0. The summed E-state index contributed by atoms with van der Waals surface area (Å²) in [4.78, 5) is 9.00. The van der Waals surface area contributed by atoms with Crippen molar-refractivity contribution in [1.29, 1.82) is 0 Å². The Labute approximate surface area is 109 Å². The Bertz CT molecular complexity index is 403. The summed E-state index contributed by atoms with van der Waals surface area (Å²) in [5.41, 5.74) is -0.485. The quantitative estimate of drug-likeness (QED) is 0.513. The van der Waals surface area contributed by atoms with E-state index in [1.165, 1.54) is 0 Å². The van der Waals surface area contributed by atoms with E-state index in [-0.39, 0.29) is 12.5 Å². The van der Waals surface area contributed by atoms with E-state index < -0.39 is 34.8 Å². The van der Waals surface area contributed by atoms with Crippen LogP contribution in [0.2, 0.25) is 0 Å². The molecule has 0 heterocycles. The highest BCUT2D eigenvalue weighted by atomic mass is 19.2. The van der Waals surface area contributed by atoms with Crippen LogP contribution >= 0.6 is 0 Å². The molecule has 0 amide bonds. The number of halogens is 4. The molecule has 1 aromatic rings. The number of carboxylic acids is 1. The number of benzene rings is 1. The van der Waals surface area contributed by atoms with Gasteiger partial charge in [0.05, 0.1) is 0 Å². The van der Waals surface area contributed by atoms with E-state index in [9.17, 15) is 17.6 Å². The molecule has 0 aliphatic heterocycles. The van der Waals surface area contributed by atoms with E-state index in [2.05, 4.69) is 0 Å². The van der Waals surface area contributed by atoms with Gasteiger partial charge in [-0.2, -0.15) is 0 Å².